The van der Waals surface area contributed by atoms with Gasteiger partial charge in [0.2, 0.25) is 16.9 Å². The van der Waals surface area contributed by atoms with Crippen LogP contribution in [-0.2, 0) is 15.8 Å². The standard InChI is InChI=1S/C15H15F3N4O2S2/c1-8(2)12(24)20-13-21-22-14(26-13)25-7-11(23)19-10-5-3-4-9(6-10)15(16,17)18/h3-6,8H,7H2,1-2H3,(H,19,23)(H,20,21,24). The van der Waals surface area contributed by atoms with E-state index in [9.17, 15) is 22.8 Å². The summed E-state index contributed by atoms with van der Waals surface area (Å²) in [6.07, 6.45) is -4.47. The summed E-state index contributed by atoms with van der Waals surface area (Å²) in [5.74, 6) is -0.922. The molecule has 2 rings (SSSR count). The summed E-state index contributed by atoms with van der Waals surface area (Å²) >= 11 is 2.19. The maximum atomic E-state index is 12.7. The predicted octanol–water partition coefficient (Wildman–Crippen LogP) is 3.88. The molecule has 0 atom stereocenters. The highest BCUT2D eigenvalue weighted by Gasteiger charge is 2.30. The zero-order valence-electron chi connectivity index (χ0n) is 13.8. The van der Waals surface area contributed by atoms with Gasteiger partial charge < -0.3 is 10.6 Å². The molecule has 0 saturated carbocycles. The van der Waals surface area contributed by atoms with E-state index in [1.807, 2.05) is 0 Å². The van der Waals surface area contributed by atoms with Crippen LogP contribution in [0, 0.1) is 5.92 Å². The highest BCUT2D eigenvalue weighted by molar-refractivity contribution is 8.01. The number of alkyl halides is 3. The molecule has 11 heteroatoms. The minimum absolute atomic E-state index is 0.0526. The number of benzene rings is 1. The van der Waals surface area contributed by atoms with Crippen molar-refractivity contribution in [2.24, 2.45) is 5.92 Å². The predicted molar refractivity (Wildman–Crippen MR) is 94.2 cm³/mol. The second kappa shape index (κ2) is 8.49. The van der Waals surface area contributed by atoms with Gasteiger partial charge in [-0.15, -0.1) is 10.2 Å². The number of nitrogens with one attached hydrogen (secondary N) is 2. The molecule has 26 heavy (non-hydrogen) atoms. The molecule has 140 valence electrons. The number of hydrogen-bond acceptors (Lipinski definition) is 6. The Kier molecular flexibility index (Phi) is 6.59. The molecule has 2 amide bonds. The summed E-state index contributed by atoms with van der Waals surface area (Å²) in [4.78, 5) is 23.5. The third-order valence-corrected chi connectivity index (χ3v) is 4.93. The topological polar surface area (TPSA) is 84.0 Å². The lowest BCUT2D eigenvalue weighted by molar-refractivity contribution is -0.137. The fourth-order valence-corrected chi connectivity index (χ4v) is 3.22. The smallest absolute Gasteiger partial charge is 0.325 e. The van der Waals surface area contributed by atoms with Crippen LogP contribution in [0.3, 0.4) is 0 Å². The molecule has 0 unspecified atom stereocenters. The molecule has 1 aromatic carbocycles. The second-order valence-corrected chi connectivity index (χ2v) is 7.63. The highest BCUT2D eigenvalue weighted by atomic mass is 32.2. The van der Waals surface area contributed by atoms with E-state index < -0.39 is 17.6 Å². The Bertz CT molecular complexity index is 793. The molecule has 6 nitrogen and oxygen atoms in total. The molecular weight excluding hydrogens is 389 g/mol. The Balaban J connectivity index is 1.88. The van der Waals surface area contributed by atoms with E-state index in [0.29, 0.717) is 9.47 Å². The highest BCUT2D eigenvalue weighted by Crippen LogP contribution is 2.31. The third kappa shape index (κ3) is 5.99. The number of nitrogens with zero attached hydrogens (tertiary/aromatic N) is 2. The molecule has 0 spiro atoms. The van der Waals surface area contributed by atoms with Gasteiger partial charge >= 0.3 is 6.18 Å². The Morgan fingerprint density at radius 1 is 1.23 bits per heavy atom. The number of amides is 2. The molecule has 2 aromatic rings. The first kappa shape index (κ1) is 20.2. The largest absolute Gasteiger partial charge is 0.416 e. The lowest BCUT2D eigenvalue weighted by atomic mass is 10.2. The van der Waals surface area contributed by atoms with Gasteiger partial charge in [0, 0.05) is 11.6 Å². The third-order valence-electron chi connectivity index (χ3n) is 2.96. The van der Waals surface area contributed by atoms with E-state index >= 15 is 0 Å². The number of halogens is 3. The Hall–Kier alpha value is -2.14. The van der Waals surface area contributed by atoms with Gasteiger partial charge in [-0.05, 0) is 18.2 Å². The van der Waals surface area contributed by atoms with Crippen LogP contribution in [0.25, 0.3) is 0 Å². The molecular formula is C15H15F3N4O2S2. The van der Waals surface area contributed by atoms with E-state index in [0.717, 1.165) is 35.2 Å². The Morgan fingerprint density at radius 2 is 1.96 bits per heavy atom. The van der Waals surface area contributed by atoms with Crippen LogP contribution < -0.4 is 10.6 Å². The van der Waals surface area contributed by atoms with Gasteiger partial charge in [-0.25, -0.2) is 0 Å². The van der Waals surface area contributed by atoms with Gasteiger partial charge in [0.15, 0.2) is 4.34 Å². The first-order valence-electron chi connectivity index (χ1n) is 7.39. The minimum Gasteiger partial charge on any atom is -0.325 e. The first-order valence-corrected chi connectivity index (χ1v) is 9.19. The van der Waals surface area contributed by atoms with Crippen molar-refractivity contribution in [2.45, 2.75) is 24.4 Å². The Morgan fingerprint density at radius 3 is 2.62 bits per heavy atom. The molecule has 1 aromatic heterocycles. The van der Waals surface area contributed by atoms with Crippen LogP contribution in [0.4, 0.5) is 24.0 Å². The van der Waals surface area contributed by atoms with E-state index in [1.165, 1.54) is 12.1 Å². The van der Waals surface area contributed by atoms with Gasteiger partial charge in [0.1, 0.15) is 0 Å². The maximum Gasteiger partial charge on any atom is 0.416 e. The quantitative estimate of drug-likeness (QED) is 0.564. The van der Waals surface area contributed by atoms with Crippen LogP contribution in [0.5, 0.6) is 0 Å². The normalized spacial score (nSPS) is 11.5. The minimum atomic E-state index is -4.47. The van der Waals surface area contributed by atoms with E-state index in [-0.39, 0.29) is 23.3 Å². The van der Waals surface area contributed by atoms with Gasteiger partial charge in [0.05, 0.1) is 11.3 Å². The van der Waals surface area contributed by atoms with Crippen molar-refractivity contribution in [3.63, 3.8) is 0 Å². The van der Waals surface area contributed by atoms with E-state index in [1.54, 1.807) is 13.8 Å². The fraction of sp³-hybridized carbons (Fsp3) is 0.333. The van der Waals surface area contributed by atoms with Crippen molar-refractivity contribution in [3.8, 4) is 0 Å². The van der Waals surface area contributed by atoms with Crippen LogP contribution in [0.1, 0.15) is 19.4 Å². The SMILES string of the molecule is CC(C)C(=O)Nc1nnc(SCC(=O)Nc2cccc(C(F)(F)F)c2)s1. The molecule has 0 radical (unpaired) electrons. The van der Waals surface area contributed by atoms with Gasteiger partial charge in [-0.2, -0.15) is 13.2 Å². The number of anilines is 2. The molecule has 0 aliphatic rings. The van der Waals surface area contributed by atoms with Crippen molar-refractivity contribution in [1.82, 2.24) is 10.2 Å². The van der Waals surface area contributed by atoms with Crippen molar-refractivity contribution in [1.29, 1.82) is 0 Å². The van der Waals surface area contributed by atoms with E-state index in [2.05, 4.69) is 20.8 Å². The summed E-state index contributed by atoms with van der Waals surface area (Å²) in [6, 6.07) is 4.40. The lowest BCUT2D eigenvalue weighted by Gasteiger charge is -2.09. The average molecular weight is 404 g/mol. The van der Waals surface area contributed by atoms with E-state index in [4.69, 9.17) is 0 Å². The molecule has 1 heterocycles. The summed E-state index contributed by atoms with van der Waals surface area (Å²) < 4.78 is 38.4. The van der Waals surface area contributed by atoms with Crippen LogP contribution in [-0.4, -0.2) is 27.8 Å². The van der Waals surface area contributed by atoms with Gasteiger partial charge in [-0.1, -0.05) is 43.0 Å². The summed E-state index contributed by atoms with van der Waals surface area (Å²) in [7, 11) is 0. The molecule has 0 saturated heterocycles. The zero-order chi connectivity index (χ0) is 19.3. The maximum absolute atomic E-state index is 12.7. The second-order valence-electron chi connectivity index (χ2n) is 5.43. The number of thioether (sulfide) groups is 1. The number of rotatable bonds is 6. The van der Waals surface area contributed by atoms with Crippen molar-refractivity contribution >= 4 is 45.7 Å². The molecule has 0 bridgehead atoms. The summed E-state index contributed by atoms with van der Waals surface area (Å²) in [6.45, 7) is 3.48. The Labute approximate surface area is 155 Å². The van der Waals surface area contributed by atoms with Crippen molar-refractivity contribution < 1.29 is 22.8 Å². The van der Waals surface area contributed by atoms with Crippen LogP contribution in [0.2, 0.25) is 0 Å². The van der Waals surface area contributed by atoms with Gasteiger partial charge in [-0.3, -0.25) is 9.59 Å². The summed E-state index contributed by atoms with van der Waals surface area (Å²) in [5.41, 5.74) is -0.773. The number of carbonyl (C=O) groups excluding carboxylic acids is 2. The fourth-order valence-electron chi connectivity index (χ4n) is 1.67. The van der Waals surface area contributed by atoms with Gasteiger partial charge in [0.25, 0.3) is 0 Å². The zero-order valence-corrected chi connectivity index (χ0v) is 15.4. The molecule has 0 aliphatic heterocycles. The van der Waals surface area contributed by atoms with Crippen LogP contribution in [0.15, 0.2) is 28.6 Å². The monoisotopic (exact) mass is 404 g/mol. The molecule has 0 aliphatic carbocycles. The average Bonchev–Trinajstić information content (AvgIpc) is 3.00. The van der Waals surface area contributed by atoms with Crippen LogP contribution >= 0.6 is 23.1 Å². The summed E-state index contributed by atoms with van der Waals surface area (Å²) in [5, 5.41) is 13.0. The van der Waals surface area contributed by atoms with Crippen molar-refractivity contribution in [3.05, 3.63) is 29.8 Å². The lowest BCUT2D eigenvalue weighted by Crippen LogP contribution is -2.17. The number of hydrogen-bond donors (Lipinski definition) is 2. The molecule has 2 N–H and O–H groups in total. The molecule has 0 fully saturated rings. The first-order chi connectivity index (χ1) is 12.1. The van der Waals surface area contributed by atoms with Crippen molar-refractivity contribution in [2.75, 3.05) is 16.4 Å². The number of aromatic nitrogens is 2. The number of carbonyl (C=O) groups is 2.